The molecular weight excluding hydrogens is 436 g/mol. The van der Waals surface area contributed by atoms with Crippen molar-refractivity contribution in [1.29, 1.82) is 0 Å². The molecule has 7 nitrogen and oxygen atoms in total. The van der Waals surface area contributed by atoms with Gasteiger partial charge in [0.1, 0.15) is 10.8 Å². The number of aromatic hydroxyl groups is 1. The molecule has 1 aromatic carbocycles. The zero-order valence-electron chi connectivity index (χ0n) is 19.9. The van der Waals surface area contributed by atoms with E-state index in [1.54, 1.807) is 22.6 Å². The molecule has 0 saturated carbocycles. The number of benzene rings is 1. The average molecular weight is 473 g/mol. The fourth-order valence-electron chi connectivity index (χ4n) is 4.90. The summed E-state index contributed by atoms with van der Waals surface area (Å²) in [7, 11) is 0. The van der Waals surface area contributed by atoms with E-state index in [0.717, 1.165) is 29.0 Å². The summed E-state index contributed by atoms with van der Waals surface area (Å²) in [6.45, 7) is 14.4. The van der Waals surface area contributed by atoms with Crippen LogP contribution in [-0.2, 0) is 11.3 Å². The third-order valence-corrected chi connectivity index (χ3v) is 7.68. The van der Waals surface area contributed by atoms with Gasteiger partial charge in [-0.3, -0.25) is 9.69 Å². The van der Waals surface area contributed by atoms with E-state index in [1.165, 1.54) is 56.9 Å². The monoisotopic (exact) mass is 472 g/mol. The molecule has 0 spiro atoms. The van der Waals surface area contributed by atoms with Gasteiger partial charge in [-0.15, -0.1) is 16.2 Å². The predicted octanol–water partition coefficient (Wildman–Crippen LogP) is 5.00. The minimum atomic E-state index is -0.0556. The molecular formula is C25H36N4O3S. The SMILES string of the molecule is CC(C)(C)C1CC(CN2CCCC2)CN(Cc2cnc(-c3ccccc3O)s2)C1.O=CN=O. The van der Waals surface area contributed by atoms with E-state index in [9.17, 15) is 5.11 Å². The Hall–Kier alpha value is -2.16. The number of para-hydroxylation sites is 1. The first kappa shape index (κ1) is 25.5. The van der Waals surface area contributed by atoms with Gasteiger partial charge >= 0.3 is 0 Å². The molecule has 180 valence electrons. The second-order valence-corrected chi connectivity index (χ2v) is 11.3. The fourth-order valence-corrected chi connectivity index (χ4v) is 5.89. The van der Waals surface area contributed by atoms with Crippen molar-refractivity contribution in [2.75, 3.05) is 32.7 Å². The maximum atomic E-state index is 10.1. The topological polar surface area (TPSA) is 86.1 Å². The third-order valence-electron chi connectivity index (χ3n) is 6.66. The summed E-state index contributed by atoms with van der Waals surface area (Å²) in [5.41, 5.74) is 1.18. The van der Waals surface area contributed by atoms with Crippen molar-refractivity contribution in [1.82, 2.24) is 14.8 Å². The Morgan fingerprint density at radius 2 is 1.88 bits per heavy atom. The van der Waals surface area contributed by atoms with Crippen LogP contribution in [0.5, 0.6) is 5.75 Å². The molecule has 33 heavy (non-hydrogen) atoms. The minimum absolute atomic E-state index is 0.0556. The van der Waals surface area contributed by atoms with Crippen LogP contribution in [0.15, 0.2) is 35.6 Å². The third kappa shape index (κ3) is 7.42. The van der Waals surface area contributed by atoms with Crippen molar-refractivity contribution < 1.29 is 9.90 Å². The van der Waals surface area contributed by atoms with Gasteiger partial charge in [-0.25, -0.2) is 4.98 Å². The highest BCUT2D eigenvalue weighted by atomic mass is 32.1. The Labute approximate surface area is 200 Å². The molecule has 2 fully saturated rings. The summed E-state index contributed by atoms with van der Waals surface area (Å²) in [5, 5.41) is 12.9. The highest BCUT2D eigenvalue weighted by molar-refractivity contribution is 7.15. The van der Waals surface area contributed by atoms with E-state index in [1.807, 2.05) is 24.4 Å². The largest absolute Gasteiger partial charge is 0.507 e. The molecule has 4 rings (SSSR count). The summed E-state index contributed by atoms with van der Waals surface area (Å²) in [6, 6.07) is 7.49. The summed E-state index contributed by atoms with van der Waals surface area (Å²) in [4.78, 5) is 28.5. The summed E-state index contributed by atoms with van der Waals surface area (Å²) >= 11 is 1.71. The van der Waals surface area contributed by atoms with Gasteiger partial charge in [0, 0.05) is 42.4 Å². The molecule has 8 heteroatoms. The lowest BCUT2D eigenvalue weighted by Crippen LogP contribution is -2.47. The van der Waals surface area contributed by atoms with Gasteiger partial charge in [0.25, 0.3) is 6.41 Å². The second-order valence-electron chi connectivity index (χ2n) is 10.2. The molecule has 0 radical (unpaired) electrons. The first-order valence-corrected chi connectivity index (χ1v) is 12.6. The molecule has 2 unspecified atom stereocenters. The molecule has 2 aliphatic rings. The number of nitrogens with zero attached hydrogens (tertiary/aromatic N) is 4. The van der Waals surface area contributed by atoms with Crippen LogP contribution in [-0.4, -0.2) is 59.0 Å². The van der Waals surface area contributed by atoms with Gasteiger partial charge in [-0.05, 0) is 61.7 Å². The van der Waals surface area contributed by atoms with E-state index in [4.69, 9.17) is 9.70 Å². The van der Waals surface area contributed by atoms with E-state index in [-0.39, 0.29) is 6.41 Å². The number of aromatic nitrogens is 1. The van der Waals surface area contributed by atoms with Gasteiger partial charge < -0.3 is 10.0 Å². The van der Waals surface area contributed by atoms with Gasteiger partial charge in [0.05, 0.1) is 5.56 Å². The predicted molar refractivity (Wildman–Crippen MR) is 133 cm³/mol. The second kappa shape index (κ2) is 11.8. The van der Waals surface area contributed by atoms with Crippen LogP contribution < -0.4 is 0 Å². The molecule has 2 aliphatic heterocycles. The lowest BCUT2D eigenvalue weighted by Gasteiger charge is -2.44. The Kier molecular flexibility index (Phi) is 9.11. The van der Waals surface area contributed by atoms with Crippen molar-refractivity contribution in [3.8, 4) is 16.3 Å². The highest BCUT2D eigenvalue weighted by Crippen LogP contribution is 2.38. The number of carbonyl (C=O) groups is 1. The first-order chi connectivity index (χ1) is 15.8. The van der Waals surface area contributed by atoms with Crippen LogP contribution in [0.2, 0.25) is 0 Å². The Morgan fingerprint density at radius 1 is 1.18 bits per heavy atom. The standard InChI is InChI=1S/C24H35N3OS.CHNO2/c1-24(2,3)19-12-18(14-26-10-6-7-11-26)15-27(16-19)17-20-13-25-23(29-20)21-8-4-5-9-22(21)28;3-1-2-4/h4-5,8-9,13,18-19,28H,6-7,10-12,14-17H2,1-3H3;1H. The number of likely N-dealkylation sites (tertiary alicyclic amines) is 2. The van der Waals surface area contributed by atoms with Crippen LogP contribution in [0.4, 0.5) is 0 Å². The van der Waals surface area contributed by atoms with Crippen LogP contribution in [0.1, 0.15) is 44.9 Å². The summed E-state index contributed by atoms with van der Waals surface area (Å²) < 4.78 is 0. The molecule has 2 atom stereocenters. The zero-order valence-corrected chi connectivity index (χ0v) is 20.8. The normalized spacial score (nSPS) is 21.9. The van der Waals surface area contributed by atoms with Crippen molar-refractivity contribution in [2.24, 2.45) is 22.4 Å². The van der Waals surface area contributed by atoms with E-state index >= 15 is 0 Å². The minimum Gasteiger partial charge on any atom is -0.507 e. The first-order valence-electron chi connectivity index (χ1n) is 11.7. The number of thiazole rings is 1. The maximum absolute atomic E-state index is 10.1. The number of piperidine rings is 1. The molecule has 1 N–H and O–H groups in total. The Morgan fingerprint density at radius 3 is 2.52 bits per heavy atom. The average Bonchev–Trinajstić information content (AvgIpc) is 3.46. The van der Waals surface area contributed by atoms with E-state index in [0.29, 0.717) is 11.2 Å². The van der Waals surface area contributed by atoms with Crippen LogP contribution in [0.25, 0.3) is 10.6 Å². The maximum Gasteiger partial charge on any atom is 0.274 e. The number of phenolic OH excluding ortho intramolecular Hbond substituents is 1. The van der Waals surface area contributed by atoms with Crippen molar-refractivity contribution in [2.45, 2.75) is 46.6 Å². The molecule has 2 saturated heterocycles. The number of carbonyl (C=O) groups excluding carboxylic acids is 1. The van der Waals surface area contributed by atoms with Gasteiger partial charge in [-0.2, -0.15) is 0 Å². The number of phenols is 1. The number of hydrogen-bond donors (Lipinski definition) is 1. The molecule has 2 aromatic rings. The number of rotatable bonds is 6. The van der Waals surface area contributed by atoms with Crippen LogP contribution in [0.3, 0.4) is 0 Å². The fraction of sp³-hybridized carbons (Fsp3) is 0.600. The number of hydrogen-bond acceptors (Lipinski definition) is 7. The van der Waals surface area contributed by atoms with Gasteiger partial charge in [0.2, 0.25) is 0 Å². The highest BCUT2D eigenvalue weighted by Gasteiger charge is 2.35. The number of amides is 1. The van der Waals surface area contributed by atoms with Crippen LogP contribution in [0, 0.1) is 22.2 Å². The smallest absolute Gasteiger partial charge is 0.274 e. The Balaban J connectivity index is 0.000000709. The molecule has 0 bridgehead atoms. The summed E-state index contributed by atoms with van der Waals surface area (Å²) in [6.07, 6.45) is 6.04. The zero-order chi connectivity index (χ0) is 23.8. The van der Waals surface area contributed by atoms with E-state index in [2.05, 4.69) is 35.6 Å². The van der Waals surface area contributed by atoms with Gasteiger partial charge in [0.15, 0.2) is 0 Å². The molecule has 0 aliphatic carbocycles. The van der Waals surface area contributed by atoms with Crippen molar-refractivity contribution in [3.05, 3.63) is 40.2 Å². The quantitative estimate of drug-likeness (QED) is 0.470. The van der Waals surface area contributed by atoms with Crippen molar-refractivity contribution >= 4 is 17.7 Å². The lowest BCUT2D eigenvalue weighted by atomic mass is 9.73. The molecule has 3 heterocycles. The lowest BCUT2D eigenvalue weighted by molar-refractivity contribution is -0.106. The molecule has 1 aromatic heterocycles. The van der Waals surface area contributed by atoms with E-state index < -0.39 is 0 Å². The Bertz CT molecular complexity index is 899. The number of nitroso groups, excluding NO2 is 1. The van der Waals surface area contributed by atoms with Crippen LogP contribution >= 0.6 is 11.3 Å². The van der Waals surface area contributed by atoms with Crippen molar-refractivity contribution in [3.63, 3.8) is 0 Å². The summed E-state index contributed by atoms with van der Waals surface area (Å²) in [5.74, 6) is 1.80. The molecule has 1 amide bonds. The van der Waals surface area contributed by atoms with Gasteiger partial charge in [-0.1, -0.05) is 32.9 Å².